The highest BCUT2D eigenvalue weighted by atomic mass is 16.5. The number of hydrogen-bond donors (Lipinski definition) is 1. The zero-order valence-electron chi connectivity index (χ0n) is 11.2. The summed E-state index contributed by atoms with van der Waals surface area (Å²) < 4.78 is 5.66. The van der Waals surface area contributed by atoms with Crippen molar-refractivity contribution < 1.29 is 4.74 Å². The van der Waals surface area contributed by atoms with E-state index in [0.717, 1.165) is 32.3 Å². The first kappa shape index (κ1) is 13.9. The van der Waals surface area contributed by atoms with Crippen molar-refractivity contribution in [1.29, 1.82) is 0 Å². The molecule has 1 N–H and O–H groups in total. The molecule has 1 atom stereocenters. The lowest BCUT2D eigenvalue weighted by atomic mass is 10.0. The molecule has 3 nitrogen and oxygen atoms in total. The van der Waals surface area contributed by atoms with E-state index in [9.17, 15) is 0 Å². The van der Waals surface area contributed by atoms with Crippen molar-refractivity contribution in [1.82, 2.24) is 10.2 Å². The highest BCUT2D eigenvalue weighted by molar-refractivity contribution is 4.78. The molecule has 1 fully saturated rings. The average molecular weight is 228 g/mol. The number of nitrogens with one attached hydrogen (secondary N) is 1. The first-order valence-corrected chi connectivity index (χ1v) is 6.70. The molecule has 0 radical (unpaired) electrons. The highest BCUT2D eigenvalue weighted by Gasteiger charge is 2.20. The molecule has 0 spiro atoms. The van der Waals surface area contributed by atoms with E-state index in [4.69, 9.17) is 4.74 Å². The van der Waals surface area contributed by atoms with Gasteiger partial charge in [0.15, 0.2) is 0 Å². The fourth-order valence-electron chi connectivity index (χ4n) is 2.32. The van der Waals surface area contributed by atoms with Gasteiger partial charge in [0.05, 0.1) is 6.61 Å². The summed E-state index contributed by atoms with van der Waals surface area (Å²) in [7, 11) is 2.04. The summed E-state index contributed by atoms with van der Waals surface area (Å²) >= 11 is 0. The van der Waals surface area contributed by atoms with Crippen LogP contribution in [0.25, 0.3) is 0 Å². The van der Waals surface area contributed by atoms with E-state index < -0.39 is 0 Å². The number of piperidine rings is 1. The van der Waals surface area contributed by atoms with Crippen molar-refractivity contribution >= 4 is 0 Å². The van der Waals surface area contributed by atoms with Crippen LogP contribution in [0.4, 0.5) is 0 Å². The molecule has 1 aliphatic heterocycles. The summed E-state index contributed by atoms with van der Waals surface area (Å²) in [4.78, 5) is 2.58. The largest absolute Gasteiger partial charge is 0.380 e. The highest BCUT2D eigenvalue weighted by Crippen LogP contribution is 2.15. The third kappa shape index (κ3) is 5.28. The van der Waals surface area contributed by atoms with Crippen LogP contribution in [0.2, 0.25) is 0 Å². The average Bonchev–Trinajstić information content (AvgIpc) is 2.26. The summed E-state index contributed by atoms with van der Waals surface area (Å²) in [5.74, 6) is 0.648. The molecule has 1 saturated heterocycles. The number of nitrogens with zero attached hydrogens (tertiary/aromatic N) is 1. The lowest BCUT2D eigenvalue weighted by Gasteiger charge is -2.35. The molecule has 0 bridgehead atoms. The second-order valence-electron chi connectivity index (χ2n) is 5.21. The first-order valence-electron chi connectivity index (χ1n) is 6.70. The number of hydrogen-bond acceptors (Lipinski definition) is 3. The maximum absolute atomic E-state index is 5.66. The minimum absolute atomic E-state index is 0.648. The molecule has 3 heteroatoms. The fourth-order valence-corrected chi connectivity index (χ4v) is 2.32. The van der Waals surface area contributed by atoms with E-state index in [0.29, 0.717) is 5.92 Å². The standard InChI is InChI=1S/C13H28N2O/c1-12(2)11-16-9-8-15-7-5-4-6-13(15)10-14-3/h12-14H,4-11H2,1-3H3. The molecular formula is C13H28N2O. The van der Waals surface area contributed by atoms with Gasteiger partial charge in [-0.1, -0.05) is 20.3 Å². The van der Waals surface area contributed by atoms with Crippen molar-refractivity contribution in [3.63, 3.8) is 0 Å². The van der Waals surface area contributed by atoms with Crippen molar-refractivity contribution in [3.8, 4) is 0 Å². The van der Waals surface area contributed by atoms with E-state index in [1.807, 2.05) is 7.05 Å². The minimum atomic E-state index is 0.648. The van der Waals surface area contributed by atoms with Crippen LogP contribution >= 0.6 is 0 Å². The molecule has 1 unspecified atom stereocenters. The van der Waals surface area contributed by atoms with Gasteiger partial charge < -0.3 is 10.1 Å². The molecule has 0 aromatic carbocycles. The second kappa shape index (κ2) is 8.04. The van der Waals surface area contributed by atoms with Crippen LogP contribution in [0.5, 0.6) is 0 Å². The Bertz CT molecular complexity index is 171. The molecule has 1 aliphatic rings. The Balaban J connectivity index is 2.16. The van der Waals surface area contributed by atoms with Crippen LogP contribution < -0.4 is 5.32 Å². The monoisotopic (exact) mass is 228 g/mol. The summed E-state index contributed by atoms with van der Waals surface area (Å²) in [6.07, 6.45) is 4.07. The normalized spacial score (nSPS) is 22.9. The topological polar surface area (TPSA) is 24.5 Å². The van der Waals surface area contributed by atoms with Crippen molar-refractivity contribution in [2.75, 3.05) is 39.9 Å². The molecule has 1 heterocycles. The van der Waals surface area contributed by atoms with Gasteiger partial charge in [0.2, 0.25) is 0 Å². The van der Waals surface area contributed by atoms with Gasteiger partial charge in [0.25, 0.3) is 0 Å². The van der Waals surface area contributed by atoms with E-state index >= 15 is 0 Å². The third-order valence-corrected chi connectivity index (χ3v) is 3.16. The second-order valence-corrected chi connectivity index (χ2v) is 5.21. The van der Waals surface area contributed by atoms with E-state index in [2.05, 4.69) is 24.1 Å². The molecular weight excluding hydrogens is 200 g/mol. The molecule has 0 amide bonds. The van der Waals surface area contributed by atoms with Crippen LogP contribution in [0.3, 0.4) is 0 Å². The molecule has 0 aliphatic carbocycles. The smallest absolute Gasteiger partial charge is 0.0593 e. The molecule has 16 heavy (non-hydrogen) atoms. The van der Waals surface area contributed by atoms with Crippen LogP contribution in [0.1, 0.15) is 33.1 Å². The Morgan fingerprint density at radius 3 is 2.88 bits per heavy atom. The summed E-state index contributed by atoms with van der Waals surface area (Å²) in [6, 6.07) is 0.724. The lowest BCUT2D eigenvalue weighted by Crippen LogP contribution is -2.46. The maximum atomic E-state index is 5.66. The summed E-state index contributed by atoms with van der Waals surface area (Å²) in [5.41, 5.74) is 0. The molecule has 0 aromatic rings. The summed E-state index contributed by atoms with van der Waals surface area (Å²) in [6.45, 7) is 9.64. The number of rotatable bonds is 7. The molecule has 0 saturated carbocycles. The van der Waals surface area contributed by atoms with Crippen molar-refractivity contribution in [2.45, 2.75) is 39.2 Å². The van der Waals surface area contributed by atoms with Crippen LogP contribution in [0, 0.1) is 5.92 Å². The zero-order valence-corrected chi connectivity index (χ0v) is 11.2. The van der Waals surface area contributed by atoms with Gasteiger partial charge >= 0.3 is 0 Å². The van der Waals surface area contributed by atoms with Crippen LogP contribution in [-0.2, 0) is 4.74 Å². The van der Waals surface area contributed by atoms with E-state index in [1.54, 1.807) is 0 Å². The zero-order chi connectivity index (χ0) is 11.8. The number of ether oxygens (including phenoxy) is 1. The van der Waals surface area contributed by atoms with Gasteiger partial charge in [-0.3, -0.25) is 4.90 Å². The fraction of sp³-hybridized carbons (Fsp3) is 1.00. The maximum Gasteiger partial charge on any atom is 0.0593 e. The third-order valence-electron chi connectivity index (χ3n) is 3.16. The Hall–Kier alpha value is -0.120. The van der Waals surface area contributed by atoms with Gasteiger partial charge in [-0.15, -0.1) is 0 Å². The van der Waals surface area contributed by atoms with Gasteiger partial charge in [0.1, 0.15) is 0 Å². The molecule has 1 rings (SSSR count). The van der Waals surface area contributed by atoms with Crippen molar-refractivity contribution in [3.05, 3.63) is 0 Å². The van der Waals surface area contributed by atoms with Gasteiger partial charge in [0, 0.05) is 25.7 Å². The Kier molecular flexibility index (Phi) is 7.01. The predicted octanol–water partition coefficient (Wildman–Crippen LogP) is 1.73. The lowest BCUT2D eigenvalue weighted by molar-refractivity contribution is 0.0604. The Morgan fingerprint density at radius 2 is 2.19 bits per heavy atom. The SMILES string of the molecule is CNCC1CCCCN1CCOCC(C)C. The molecule has 96 valence electrons. The minimum Gasteiger partial charge on any atom is -0.380 e. The van der Waals surface area contributed by atoms with Crippen molar-refractivity contribution in [2.24, 2.45) is 5.92 Å². The van der Waals surface area contributed by atoms with Gasteiger partial charge in [-0.25, -0.2) is 0 Å². The first-order chi connectivity index (χ1) is 7.74. The van der Waals surface area contributed by atoms with E-state index in [-0.39, 0.29) is 0 Å². The van der Waals surface area contributed by atoms with Crippen LogP contribution in [-0.4, -0.2) is 50.8 Å². The van der Waals surface area contributed by atoms with Gasteiger partial charge in [-0.05, 0) is 32.4 Å². The summed E-state index contributed by atoms with van der Waals surface area (Å²) in [5, 5.41) is 3.29. The van der Waals surface area contributed by atoms with E-state index in [1.165, 1.54) is 25.8 Å². The number of likely N-dealkylation sites (tertiary alicyclic amines) is 1. The van der Waals surface area contributed by atoms with Gasteiger partial charge in [-0.2, -0.15) is 0 Å². The number of likely N-dealkylation sites (N-methyl/N-ethyl adjacent to an activating group) is 1. The Morgan fingerprint density at radius 1 is 1.38 bits per heavy atom. The Labute approximate surface area is 101 Å². The predicted molar refractivity (Wildman–Crippen MR) is 68.8 cm³/mol. The quantitative estimate of drug-likeness (QED) is 0.672. The van der Waals surface area contributed by atoms with Crippen LogP contribution in [0.15, 0.2) is 0 Å². The molecule has 0 aromatic heterocycles.